The van der Waals surface area contributed by atoms with E-state index >= 15 is 0 Å². The minimum atomic E-state index is -0.641. The summed E-state index contributed by atoms with van der Waals surface area (Å²) in [7, 11) is 2.18. The molecule has 0 fully saturated rings. The van der Waals surface area contributed by atoms with E-state index in [1.165, 1.54) is 33.3 Å². The van der Waals surface area contributed by atoms with E-state index in [9.17, 15) is 5.11 Å². The molecular formula is C24H29NO. The van der Waals surface area contributed by atoms with Crippen molar-refractivity contribution in [2.45, 2.75) is 57.5 Å². The normalized spacial score (nSPS) is 19.9. The Morgan fingerprint density at radius 3 is 2.35 bits per heavy atom. The third-order valence-corrected chi connectivity index (χ3v) is 6.70. The van der Waals surface area contributed by atoms with E-state index in [4.69, 9.17) is 0 Å². The van der Waals surface area contributed by atoms with Gasteiger partial charge in [0.2, 0.25) is 0 Å². The molecule has 1 aromatic heterocycles. The Bertz CT molecular complexity index is 931. The quantitative estimate of drug-likeness (QED) is 0.647. The van der Waals surface area contributed by atoms with Gasteiger partial charge in [-0.25, -0.2) is 0 Å². The SMILES string of the molecule is CCC(O)(CC)[C@@H]1C[C@H](c2ccc(C)cc2)c2c1c1ccccc1n2C. The second kappa shape index (κ2) is 6.28. The smallest absolute Gasteiger partial charge is 0.0712 e. The molecule has 1 aliphatic rings. The van der Waals surface area contributed by atoms with Crippen molar-refractivity contribution in [3.05, 3.63) is 70.9 Å². The molecular weight excluding hydrogens is 318 g/mol. The highest BCUT2D eigenvalue weighted by atomic mass is 16.3. The van der Waals surface area contributed by atoms with E-state index in [0.717, 1.165) is 19.3 Å². The first kappa shape index (κ1) is 17.4. The van der Waals surface area contributed by atoms with Gasteiger partial charge in [0, 0.05) is 35.5 Å². The van der Waals surface area contributed by atoms with Crippen LogP contribution in [-0.4, -0.2) is 15.3 Å². The predicted molar refractivity (Wildman–Crippen MR) is 109 cm³/mol. The zero-order chi connectivity index (χ0) is 18.5. The fourth-order valence-electron chi connectivity index (χ4n) is 5.02. The summed E-state index contributed by atoms with van der Waals surface area (Å²) in [5.74, 6) is 0.530. The summed E-state index contributed by atoms with van der Waals surface area (Å²) in [6, 6.07) is 17.6. The molecule has 0 unspecified atom stereocenters. The number of fused-ring (bicyclic) bond motifs is 3. The molecule has 26 heavy (non-hydrogen) atoms. The van der Waals surface area contributed by atoms with Crippen LogP contribution in [0.5, 0.6) is 0 Å². The second-order valence-corrected chi connectivity index (χ2v) is 7.94. The van der Waals surface area contributed by atoms with Gasteiger partial charge < -0.3 is 9.67 Å². The minimum Gasteiger partial charge on any atom is -0.389 e. The molecule has 0 saturated heterocycles. The fraction of sp³-hybridized carbons (Fsp3) is 0.417. The van der Waals surface area contributed by atoms with Crippen LogP contribution < -0.4 is 0 Å². The Kier molecular flexibility index (Phi) is 4.19. The monoisotopic (exact) mass is 347 g/mol. The van der Waals surface area contributed by atoms with Crippen molar-refractivity contribution in [2.24, 2.45) is 7.05 Å². The van der Waals surface area contributed by atoms with Crippen LogP contribution in [0.25, 0.3) is 10.9 Å². The number of aryl methyl sites for hydroxylation is 2. The van der Waals surface area contributed by atoms with Crippen molar-refractivity contribution in [2.75, 3.05) is 0 Å². The molecule has 3 aromatic rings. The van der Waals surface area contributed by atoms with Crippen LogP contribution >= 0.6 is 0 Å². The number of aliphatic hydroxyl groups is 1. The number of para-hydroxylation sites is 1. The van der Waals surface area contributed by atoms with Crippen LogP contribution in [0.15, 0.2) is 48.5 Å². The molecule has 2 aromatic carbocycles. The van der Waals surface area contributed by atoms with Gasteiger partial charge in [0.05, 0.1) is 5.60 Å². The van der Waals surface area contributed by atoms with Crippen molar-refractivity contribution in [3.63, 3.8) is 0 Å². The molecule has 1 aliphatic carbocycles. The lowest BCUT2D eigenvalue weighted by Gasteiger charge is -2.33. The molecule has 136 valence electrons. The molecule has 2 heteroatoms. The van der Waals surface area contributed by atoms with Crippen LogP contribution in [0.3, 0.4) is 0 Å². The topological polar surface area (TPSA) is 25.2 Å². The van der Waals surface area contributed by atoms with Gasteiger partial charge in [-0.15, -0.1) is 0 Å². The molecule has 0 aliphatic heterocycles. The Morgan fingerprint density at radius 2 is 1.69 bits per heavy atom. The van der Waals surface area contributed by atoms with E-state index in [0.29, 0.717) is 5.92 Å². The average molecular weight is 348 g/mol. The van der Waals surface area contributed by atoms with E-state index in [1.807, 2.05) is 0 Å². The van der Waals surface area contributed by atoms with Crippen molar-refractivity contribution in [1.82, 2.24) is 4.57 Å². The highest BCUT2D eigenvalue weighted by Gasteiger charge is 2.45. The molecule has 0 bridgehead atoms. The first-order valence-electron chi connectivity index (χ1n) is 9.86. The van der Waals surface area contributed by atoms with E-state index in [-0.39, 0.29) is 5.92 Å². The highest BCUT2D eigenvalue weighted by molar-refractivity contribution is 5.87. The van der Waals surface area contributed by atoms with E-state index < -0.39 is 5.60 Å². The third-order valence-electron chi connectivity index (χ3n) is 6.70. The number of benzene rings is 2. The van der Waals surface area contributed by atoms with Crippen molar-refractivity contribution in [3.8, 4) is 0 Å². The molecule has 2 atom stereocenters. The van der Waals surface area contributed by atoms with Gasteiger partial charge in [0.15, 0.2) is 0 Å². The number of hydrogen-bond donors (Lipinski definition) is 1. The first-order chi connectivity index (χ1) is 12.5. The Morgan fingerprint density at radius 1 is 1.04 bits per heavy atom. The number of hydrogen-bond acceptors (Lipinski definition) is 1. The van der Waals surface area contributed by atoms with Crippen LogP contribution in [-0.2, 0) is 7.05 Å². The van der Waals surface area contributed by atoms with Crippen molar-refractivity contribution in [1.29, 1.82) is 0 Å². The molecule has 0 amide bonds. The molecule has 0 radical (unpaired) electrons. The number of aromatic nitrogens is 1. The number of nitrogens with zero attached hydrogens (tertiary/aromatic N) is 1. The third kappa shape index (κ3) is 2.43. The van der Waals surface area contributed by atoms with Crippen LogP contribution in [0, 0.1) is 6.92 Å². The summed E-state index contributed by atoms with van der Waals surface area (Å²) in [6.07, 6.45) is 2.57. The molecule has 2 nitrogen and oxygen atoms in total. The molecule has 1 N–H and O–H groups in total. The molecule has 4 rings (SSSR count). The predicted octanol–water partition coefficient (Wildman–Crippen LogP) is 5.66. The zero-order valence-electron chi connectivity index (χ0n) is 16.3. The average Bonchev–Trinajstić information content (AvgIpc) is 3.20. The zero-order valence-corrected chi connectivity index (χ0v) is 16.3. The van der Waals surface area contributed by atoms with E-state index in [1.54, 1.807) is 0 Å². The van der Waals surface area contributed by atoms with Gasteiger partial charge >= 0.3 is 0 Å². The van der Waals surface area contributed by atoms with Gasteiger partial charge in [0.25, 0.3) is 0 Å². The van der Waals surface area contributed by atoms with Gasteiger partial charge in [-0.1, -0.05) is 61.9 Å². The summed E-state index contributed by atoms with van der Waals surface area (Å²) >= 11 is 0. The van der Waals surface area contributed by atoms with Crippen LogP contribution in [0.4, 0.5) is 0 Å². The second-order valence-electron chi connectivity index (χ2n) is 7.94. The van der Waals surface area contributed by atoms with Crippen LogP contribution in [0.2, 0.25) is 0 Å². The van der Waals surface area contributed by atoms with Gasteiger partial charge in [-0.05, 0) is 43.4 Å². The standard InChI is InChI=1S/C24H29NO/c1-5-24(26,6-2)20-15-19(17-13-11-16(3)12-14-17)23-22(20)18-9-7-8-10-21(18)25(23)4/h7-14,19-20,26H,5-6,15H2,1-4H3/t19-,20-/m1/s1. The highest BCUT2D eigenvalue weighted by Crippen LogP contribution is 2.54. The van der Waals surface area contributed by atoms with Gasteiger partial charge in [-0.3, -0.25) is 0 Å². The van der Waals surface area contributed by atoms with Gasteiger partial charge in [-0.2, -0.15) is 0 Å². The lowest BCUT2D eigenvalue weighted by Crippen LogP contribution is -2.34. The fourth-order valence-corrected chi connectivity index (χ4v) is 5.02. The summed E-state index contributed by atoms with van der Waals surface area (Å²) < 4.78 is 2.36. The summed E-state index contributed by atoms with van der Waals surface area (Å²) in [6.45, 7) is 6.37. The summed E-state index contributed by atoms with van der Waals surface area (Å²) in [5.41, 5.74) is 6.05. The van der Waals surface area contributed by atoms with Gasteiger partial charge in [0.1, 0.15) is 0 Å². The Labute approximate surface area is 156 Å². The number of rotatable bonds is 4. The maximum Gasteiger partial charge on any atom is 0.0712 e. The maximum absolute atomic E-state index is 11.4. The van der Waals surface area contributed by atoms with Crippen LogP contribution in [0.1, 0.15) is 67.3 Å². The Hall–Kier alpha value is -2.06. The largest absolute Gasteiger partial charge is 0.389 e. The first-order valence-corrected chi connectivity index (χ1v) is 9.86. The maximum atomic E-state index is 11.4. The lowest BCUT2D eigenvalue weighted by atomic mass is 9.78. The van der Waals surface area contributed by atoms with Crippen molar-refractivity contribution < 1.29 is 5.11 Å². The molecule has 1 heterocycles. The minimum absolute atomic E-state index is 0.185. The molecule has 0 saturated carbocycles. The van der Waals surface area contributed by atoms with Crippen molar-refractivity contribution >= 4 is 10.9 Å². The summed E-state index contributed by atoms with van der Waals surface area (Å²) in [5, 5.41) is 12.8. The van der Waals surface area contributed by atoms with E-state index in [2.05, 4.69) is 80.9 Å². The molecule has 0 spiro atoms. The summed E-state index contributed by atoms with van der Waals surface area (Å²) in [4.78, 5) is 0. The Balaban J connectivity index is 1.96. The lowest BCUT2D eigenvalue weighted by molar-refractivity contribution is 0.00403.